The van der Waals surface area contributed by atoms with Crippen molar-refractivity contribution in [2.24, 2.45) is 0 Å². The van der Waals surface area contributed by atoms with Crippen molar-refractivity contribution in [2.75, 3.05) is 7.11 Å². The first kappa shape index (κ1) is 12.7. The summed E-state index contributed by atoms with van der Waals surface area (Å²) in [7, 11) is 1.33. The van der Waals surface area contributed by atoms with Gasteiger partial charge in [-0.1, -0.05) is 40.2 Å². The molecule has 0 unspecified atom stereocenters. The molecule has 0 bridgehead atoms. The summed E-state index contributed by atoms with van der Waals surface area (Å²) < 4.78 is 4.60. The quantitative estimate of drug-likeness (QED) is 0.646. The minimum Gasteiger partial charge on any atom is -0.465 e. The highest BCUT2D eigenvalue weighted by Crippen LogP contribution is 2.21. The number of benzene rings is 1. The van der Waals surface area contributed by atoms with E-state index in [0.29, 0.717) is 11.4 Å². The summed E-state index contributed by atoms with van der Waals surface area (Å²) in [6.07, 6.45) is 2.94. The first-order valence-electron chi connectivity index (χ1n) is 5.31. The minimum absolute atomic E-state index is 0.345. The van der Waals surface area contributed by atoms with Crippen LogP contribution in [-0.2, 0) is 10.1 Å². The van der Waals surface area contributed by atoms with Crippen LogP contribution < -0.4 is 0 Å². The fraction of sp³-hybridized carbons (Fsp3) is 0.154. The standard InChI is InChI=1S/C13H11BrN2O2/c1-18-13(17)10-7-15-12(16-8-10)11-5-3-2-4-9(11)6-14/h2-5,7-8H,6H2,1H3. The molecule has 1 aromatic heterocycles. The normalized spacial score (nSPS) is 10.1. The number of nitrogens with zero attached hydrogens (tertiary/aromatic N) is 2. The van der Waals surface area contributed by atoms with E-state index in [0.717, 1.165) is 16.5 Å². The molecule has 0 aliphatic rings. The third-order valence-electron chi connectivity index (χ3n) is 2.48. The van der Waals surface area contributed by atoms with Crippen LogP contribution in [0.4, 0.5) is 0 Å². The zero-order valence-electron chi connectivity index (χ0n) is 9.76. The summed E-state index contributed by atoms with van der Waals surface area (Å²) in [5.41, 5.74) is 2.40. The number of carbonyl (C=O) groups excluding carboxylic acids is 1. The van der Waals surface area contributed by atoms with E-state index in [2.05, 4.69) is 30.6 Å². The molecule has 0 atom stereocenters. The summed E-state index contributed by atoms with van der Waals surface area (Å²) in [5.74, 6) is 0.160. The number of hydrogen-bond acceptors (Lipinski definition) is 4. The number of rotatable bonds is 3. The van der Waals surface area contributed by atoms with E-state index in [1.807, 2.05) is 24.3 Å². The van der Waals surface area contributed by atoms with Gasteiger partial charge < -0.3 is 4.74 Å². The van der Waals surface area contributed by atoms with Gasteiger partial charge in [0.25, 0.3) is 0 Å². The molecule has 4 nitrogen and oxygen atoms in total. The Balaban J connectivity index is 2.37. The topological polar surface area (TPSA) is 52.1 Å². The molecular weight excluding hydrogens is 296 g/mol. The van der Waals surface area contributed by atoms with E-state index in [-0.39, 0.29) is 0 Å². The van der Waals surface area contributed by atoms with E-state index in [9.17, 15) is 4.79 Å². The highest BCUT2D eigenvalue weighted by atomic mass is 79.9. The molecule has 0 saturated carbocycles. The maximum absolute atomic E-state index is 11.3. The lowest BCUT2D eigenvalue weighted by atomic mass is 10.1. The first-order chi connectivity index (χ1) is 8.76. The SMILES string of the molecule is COC(=O)c1cnc(-c2ccccc2CBr)nc1. The van der Waals surface area contributed by atoms with Crippen molar-refractivity contribution in [3.05, 3.63) is 47.8 Å². The van der Waals surface area contributed by atoms with Crippen LogP contribution in [-0.4, -0.2) is 23.0 Å². The molecular formula is C13H11BrN2O2. The number of ether oxygens (including phenoxy) is 1. The lowest BCUT2D eigenvalue weighted by Crippen LogP contribution is -2.03. The monoisotopic (exact) mass is 306 g/mol. The molecule has 2 aromatic rings. The van der Waals surface area contributed by atoms with E-state index in [1.165, 1.54) is 19.5 Å². The second kappa shape index (κ2) is 5.73. The lowest BCUT2D eigenvalue weighted by molar-refractivity contribution is 0.0600. The molecule has 92 valence electrons. The van der Waals surface area contributed by atoms with Gasteiger partial charge in [-0.3, -0.25) is 0 Å². The predicted molar refractivity (Wildman–Crippen MR) is 71.4 cm³/mol. The van der Waals surface area contributed by atoms with Crippen LogP contribution in [0.2, 0.25) is 0 Å². The summed E-state index contributed by atoms with van der Waals surface area (Å²) in [6.45, 7) is 0. The van der Waals surface area contributed by atoms with Crippen molar-refractivity contribution >= 4 is 21.9 Å². The van der Waals surface area contributed by atoms with Gasteiger partial charge in [0.05, 0.1) is 12.7 Å². The number of aromatic nitrogens is 2. The molecule has 0 aliphatic carbocycles. The number of halogens is 1. The Labute approximate surface area is 113 Å². The molecule has 0 saturated heterocycles. The van der Waals surface area contributed by atoms with E-state index in [1.54, 1.807) is 0 Å². The van der Waals surface area contributed by atoms with Crippen molar-refractivity contribution in [1.82, 2.24) is 9.97 Å². The van der Waals surface area contributed by atoms with Crippen LogP contribution in [0.1, 0.15) is 15.9 Å². The van der Waals surface area contributed by atoms with Gasteiger partial charge >= 0.3 is 5.97 Å². The third kappa shape index (κ3) is 2.56. The molecule has 18 heavy (non-hydrogen) atoms. The second-order valence-electron chi connectivity index (χ2n) is 3.58. The van der Waals surface area contributed by atoms with Crippen LogP contribution in [0.15, 0.2) is 36.7 Å². The number of methoxy groups -OCH3 is 1. The van der Waals surface area contributed by atoms with Crippen LogP contribution in [0.25, 0.3) is 11.4 Å². The zero-order chi connectivity index (χ0) is 13.0. The van der Waals surface area contributed by atoms with E-state index in [4.69, 9.17) is 0 Å². The molecule has 0 amide bonds. The Hall–Kier alpha value is -1.75. The molecule has 5 heteroatoms. The molecule has 1 aromatic carbocycles. The van der Waals surface area contributed by atoms with Crippen LogP contribution in [0.5, 0.6) is 0 Å². The smallest absolute Gasteiger partial charge is 0.341 e. The number of esters is 1. The van der Waals surface area contributed by atoms with Crippen molar-refractivity contribution in [3.8, 4) is 11.4 Å². The summed E-state index contributed by atoms with van der Waals surface area (Å²) >= 11 is 3.42. The molecule has 1 heterocycles. The molecule has 0 fully saturated rings. The summed E-state index contributed by atoms with van der Waals surface area (Å²) in [5, 5.41) is 0.727. The Morgan fingerprint density at radius 3 is 2.56 bits per heavy atom. The van der Waals surface area contributed by atoms with Gasteiger partial charge in [0.2, 0.25) is 0 Å². The lowest BCUT2D eigenvalue weighted by Gasteiger charge is -2.05. The van der Waals surface area contributed by atoms with Crippen molar-refractivity contribution < 1.29 is 9.53 Å². The fourth-order valence-electron chi connectivity index (χ4n) is 1.55. The van der Waals surface area contributed by atoms with E-state index >= 15 is 0 Å². The van der Waals surface area contributed by atoms with Crippen LogP contribution in [0, 0.1) is 0 Å². The summed E-state index contributed by atoms with van der Waals surface area (Å²) in [4.78, 5) is 19.7. The fourth-order valence-corrected chi connectivity index (χ4v) is 2.03. The van der Waals surface area contributed by atoms with Gasteiger partial charge in [0.1, 0.15) is 0 Å². The van der Waals surface area contributed by atoms with Gasteiger partial charge in [-0.05, 0) is 5.56 Å². The maximum atomic E-state index is 11.3. The number of hydrogen-bond donors (Lipinski definition) is 0. The van der Waals surface area contributed by atoms with Gasteiger partial charge in [0.15, 0.2) is 5.82 Å². The van der Waals surface area contributed by atoms with Crippen molar-refractivity contribution in [2.45, 2.75) is 5.33 Å². The predicted octanol–water partition coefficient (Wildman–Crippen LogP) is 2.83. The van der Waals surface area contributed by atoms with Gasteiger partial charge in [-0.2, -0.15) is 0 Å². The summed E-state index contributed by atoms with van der Waals surface area (Å²) in [6, 6.07) is 7.84. The van der Waals surface area contributed by atoms with Crippen LogP contribution in [0.3, 0.4) is 0 Å². The third-order valence-corrected chi connectivity index (χ3v) is 3.08. The van der Waals surface area contributed by atoms with Gasteiger partial charge in [-0.25, -0.2) is 14.8 Å². The van der Waals surface area contributed by atoms with Gasteiger partial charge in [-0.15, -0.1) is 0 Å². The Morgan fingerprint density at radius 1 is 1.28 bits per heavy atom. The number of alkyl halides is 1. The minimum atomic E-state index is -0.435. The first-order valence-corrected chi connectivity index (χ1v) is 6.43. The molecule has 2 rings (SSSR count). The van der Waals surface area contributed by atoms with Gasteiger partial charge in [0, 0.05) is 23.3 Å². The second-order valence-corrected chi connectivity index (χ2v) is 4.14. The maximum Gasteiger partial charge on any atom is 0.341 e. The Morgan fingerprint density at radius 2 is 1.94 bits per heavy atom. The molecule has 0 N–H and O–H groups in total. The van der Waals surface area contributed by atoms with Crippen LogP contribution >= 0.6 is 15.9 Å². The van der Waals surface area contributed by atoms with E-state index < -0.39 is 5.97 Å². The average Bonchev–Trinajstić information content (AvgIpc) is 2.46. The van der Waals surface area contributed by atoms with Crippen molar-refractivity contribution in [1.29, 1.82) is 0 Å². The Bertz CT molecular complexity index is 555. The highest BCUT2D eigenvalue weighted by Gasteiger charge is 2.09. The largest absolute Gasteiger partial charge is 0.465 e. The highest BCUT2D eigenvalue weighted by molar-refractivity contribution is 9.08. The molecule has 0 spiro atoms. The van der Waals surface area contributed by atoms with Crippen molar-refractivity contribution in [3.63, 3.8) is 0 Å². The molecule has 0 aliphatic heterocycles. The molecule has 0 radical (unpaired) electrons. The average molecular weight is 307 g/mol. The zero-order valence-corrected chi connectivity index (χ0v) is 11.3. The Kier molecular flexibility index (Phi) is 4.04. The number of carbonyl (C=O) groups is 1.